The highest BCUT2D eigenvalue weighted by molar-refractivity contribution is 5.79. The monoisotopic (exact) mass is 255 g/mol. The van der Waals surface area contributed by atoms with Gasteiger partial charge in [-0.05, 0) is 61.0 Å². The number of nitrogens with zero attached hydrogens (tertiary/aromatic N) is 1. The van der Waals surface area contributed by atoms with Crippen LogP contribution in [0.15, 0.2) is 30.5 Å². The molecule has 4 heterocycles. The molecule has 3 nitrogen and oxygen atoms in total. The summed E-state index contributed by atoms with van der Waals surface area (Å²) in [5, 5.41) is 5.09. The van der Waals surface area contributed by atoms with Gasteiger partial charge in [-0.2, -0.15) is 0 Å². The van der Waals surface area contributed by atoms with Crippen molar-refractivity contribution in [3.8, 4) is 0 Å². The average molecular weight is 255 g/mol. The second kappa shape index (κ2) is 4.66. The molecule has 2 aromatic rings. The number of piperidine rings is 3. The van der Waals surface area contributed by atoms with Crippen molar-refractivity contribution in [2.75, 3.05) is 19.6 Å². The van der Waals surface area contributed by atoms with Crippen LogP contribution in [0, 0.1) is 5.92 Å². The van der Waals surface area contributed by atoms with Gasteiger partial charge in [0.25, 0.3) is 0 Å². The van der Waals surface area contributed by atoms with E-state index in [9.17, 15) is 0 Å². The number of rotatable bonds is 3. The Balaban J connectivity index is 1.44. The summed E-state index contributed by atoms with van der Waals surface area (Å²) in [6, 6.07) is 9.55. The van der Waals surface area contributed by atoms with Crippen LogP contribution in [0.5, 0.6) is 0 Å². The second-order valence-corrected chi connectivity index (χ2v) is 6.02. The fourth-order valence-electron chi connectivity index (χ4n) is 3.66. The molecule has 3 aliphatic heterocycles. The van der Waals surface area contributed by atoms with Crippen LogP contribution in [-0.4, -0.2) is 35.6 Å². The minimum Gasteiger partial charge on any atom is -0.361 e. The van der Waals surface area contributed by atoms with Crippen molar-refractivity contribution >= 4 is 10.9 Å². The quantitative estimate of drug-likeness (QED) is 0.882. The van der Waals surface area contributed by atoms with Gasteiger partial charge in [0.15, 0.2) is 0 Å². The number of benzene rings is 1. The first-order chi connectivity index (χ1) is 9.38. The maximum absolute atomic E-state index is 3.77. The molecular formula is C16H21N3. The van der Waals surface area contributed by atoms with Gasteiger partial charge in [0.05, 0.1) is 0 Å². The van der Waals surface area contributed by atoms with Gasteiger partial charge < -0.3 is 15.2 Å². The van der Waals surface area contributed by atoms with Gasteiger partial charge in [-0.15, -0.1) is 0 Å². The Bertz CT molecular complexity index is 566. The molecule has 3 aliphatic rings. The molecule has 1 unspecified atom stereocenters. The number of H-pyrrole nitrogens is 1. The fraction of sp³-hybridized carbons (Fsp3) is 0.500. The molecule has 0 spiro atoms. The highest BCUT2D eigenvalue weighted by Crippen LogP contribution is 2.27. The Morgan fingerprint density at radius 3 is 2.89 bits per heavy atom. The minimum atomic E-state index is 0.699. The summed E-state index contributed by atoms with van der Waals surface area (Å²) in [5.41, 5.74) is 2.62. The normalized spacial score (nSPS) is 30.0. The third-order valence-electron chi connectivity index (χ3n) is 4.84. The van der Waals surface area contributed by atoms with E-state index in [1.807, 2.05) is 6.20 Å². The molecule has 1 aromatic heterocycles. The van der Waals surface area contributed by atoms with Gasteiger partial charge in [0.2, 0.25) is 0 Å². The molecule has 3 fully saturated rings. The summed E-state index contributed by atoms with van der Waals surface area (Å²) in [6.45, 7) is 4.88. The Hall–Kier alpha value is -1.32. The third-order valence-corrected chi connectivity index (χ3v) is 4.84. The molecule has 2 N–H and O–H groups in total. The van der Waals surface area contributed by atoms with Crippen LogP contribution in [-0.2, 0) is 6.54 Å². The first-order valence-corrected chi connectivity index (χ1v) is 7.40. The average Bonchev–Trinajstić information content (AvgIpc) is 2.94. The SMILES string of the molecule is c1cc2cc(CNC3CN4CCC3CC4)ccc2[nH]1. The largest absolute Gasteiger partial charge is 0.361 e. The summed E-state index contributed by atoms with van der Waals surface area (Å²) in [6.07, 6.45) is 4.78. The van der Waals surface area contributed by atoms with E-state index in [4.69, 9.17) is 0 Å². The van der Waals surface area contributed by atoms with Crippen molar-refractivity contribution in [1.82, 2.24) is 15.2 Å². The predicted octanol–water partition coefficient (Wildman–Crippen LogP) is 2.35. The van der Waals surface area contributed by atoms with Gasteiger partial charge in [-0.1, -0.05) is 6.07 Å². The topological polar surface area (TPSA) is 31.1 Å². The van der Waals surface area contributed by atoms with Crippen molar-refractivity contribution in [1.29, 1.82) is 0 Å². The lowest BCUT2D eigenvalue weighted by molar-refractivity contribution is 0.0720. The first kappa shape index (κ1) is 11.5. The van der Waals surface area contributed by atoms with Crippen LogP contribution < -0.4 is 5.32 Å². The van der Waals surface area contributed by atoms with E-state index in [0.717, 1.165) is 12.5 Å². The third kappa shape index (κ3) is 2.17. The molecule has 3 heteroatoms. The van der Waals surface area contributed by atoms with Crippen molar-refractivity contribution in [3.05, 3.63) is 36.0 Å². The zero-order valence-electron chi connectivity index (χ0n) is 11.2. The molecule has 0 aliphatic carbocycles. The van der Waals surface area contributed by atoms with Crippen molar-refractivity contribution in [3.63, 3.8) is 0 Å². The van der Waals surface area contributed by atoms with E-state index in [1.54, 1.807) is 0 Å². The molecule has 1 atom stereocenters. The van der Waals surface area contributed by atoms with E-state index >= 15 is 0 Å². The van der Waals surface area contributed by atoms with Crippen molar-refractivity contribution in [2.24, 2.45) is 5.92 Å². The Kier molecular flexibility index (Phi) is 2.82. The number of aromatic amines is 1. The minimum absolute atomic E-state index is 0.699. The van der Waals surface area contributed by atoms with E-state index in [0.29, 0.717) is 6.04 Å². The zero-order chi connectivity index (χ0) is 12.7. The Morgan fingerprint density at radius 2 is 2.11 bits per heavy atom. The van der Waals surface area contributed by atoms with Gasteiger partial charge in [-0.3, -0.25) is 0 Å². The highest BCUT2D eigenvalue weighted by atomic mass is 15.2. The van der Waals surface area contributed by atoms with E-state index in [-0.39, 0.29) is 0 Å². The lowest BCUT2D eigenvalue weighted by atomic mass is 9.84. The molecule has 3 saturated heterocycles. The summed E-state index contributed by atoms with van der Waals surface area (Å²) >= 11 is 0. The van der Waals surface area contributed by atoms with Gasteiger partial charge in [-0.25, -0.2) is 0 Å². The van der Waals surface area contributed by atoms with Crippen LogP contribution in [0.4, 0.5) is 0 Å². The predicted molar refractivity (Wildman–Crippen MR) is 78.1 cm³/mol. The highest BCUT2D eigenvalue weighted by Gasteiger charge is 2.33. The first-order valence-electron chi connectivity index (χ1n) is 7.40. The van der Waals surface area contributed by atoms with Crippen molar-refractivity contribution in [2.45, 2.75) is 25.4 Å². The lowest BCUT2D eigenvalue weighted by Crippen LogP contribution is -2.55. The standard InChI is InChI=1S/C16H21N3/c1-2-15-14(3-6-17-15)9-12(1)10-18-16-11-19-7-4-13(16)5-8-19/h1-3,6,9,13,16-18H,4-5,7-8,10-11H2. The number of hydrogen-bond acceptors (Lipinski definition) is 2. The summed E-state index contributed by atoms with van der Waals surface area (Å²) < 4.78 is 0. The second-order valence-electron chi connectivity index (χ2n) is 6.02. The van der Waals surface area contributed by atoms with Crippen LogP contribution in [0.25, 0.3) is 10.9 Å². The molecule has 1 aromatic carbocycles. The number of hydrogen-bond donors (Lipinski definition) is 2. The van der Waals surface area contributed by atoms with E-state index < -0.39 is 0 Å². The van der Waals surface area contributed by atoms with Crippen LogP contribution >= 0.6 is 0 Å². The lowest BCUT2D eigenvalue weighted by Gasteiger charge is -2.45. The zero-order valence-corrected chi connectivity index (χ0v) is 11.2. The summed E-state index contributed by atoms with van der Waals surface area (Å²) in [5.74, 6) is 0.904. The molecule has 100 valence electrons. The summed E-state index contributed by atoms with van der Waals surface area (Å²) in [7, 11) is 0. The van der Waals surface area contributed by atoms with E-state index in [1.165, 1.54) is 48.9 Å². The molecular weight excluding hydrogens is 234 g/mol. The van der Waals surface area contributed by atoms with Crippen LogP contribution in [0.1, 0.15) is 18.4 Å². The molecule has 19 heavy (non-hydrogen) atoms. The van der Waals surface area contributed by atoms with Crippen LogP contribution in [0.3, 0.4) is 0 Å². The molecule has 0 amide bonds. The smallest absolute Gasteiger partial charge is 0.0454 e. The number of aromatic nitrogens is 1. The Morgan fingerprint density at radius 1 is 1.21 bits per heavy atom. The maximum atomic E-state index is 3.77. The Labute approximate surface area is 114 Å². The van der Waals surface area contributed by atoms with Gasteiger partial charge >= 0.3 is 0 Å². The molecule has 0 radical (unpaired) electrons. The van der Waals surface area contributed by atoms with Crippen LogP contribution in [0.2, 0.25) is 0 Å². The number of fused-ring (bicyclic) bond motifs is 4. The van der Waals surface area contributed by atoms with E-state index in [2.05, 4.69) is 39.5 Å². The van der Waals surface area contributed by atoms with Gasteiger partial charge in [0, 0.05) is 30.8 Å². The molecule has 0 saturated carbocycles. The van der Waals surface area contributed by atoms with Gasteiger partial charge in [0.1, 0.15) is 0 Å². The fourth-order valence-corrected chi connectivity index (χ4v) is 3.66. The number of nitrogens with one attached hydrogen (secondary N) is 2. The molecule has 2 bridgehead atoms. The maximum Gasteiger partial charge on any atom is 0.0454 e. The van der Waals surface area contributed by atoms with Crippen molar-refractivity contribution < 1.29 is 0 Å². The molecule has 5 rings (SSSR count). The summed E-state index contributed by atoms with van der Waals surface area (Å²) in [4.78, 5) is 5.85.